The van der Waals surface area contributed by atoms with E-state index in [2.05, 4.69) is 16.9 Å². The second-order valence-electron chi connectivity index (χ2n) is 7.48. The van der Waals surface area contributed by atoms with Gasteiger partial charge in [0.05, 0.1) is 7.11 Å². The molecule has 0 atom stereocenters. The van der Waals surface area contributed by atoms with Crippen LogP contribution < -0.4 is 4.74 Å². The predicted octanol–water partition coefficient (Wildman–Crippen LogP) is 3.51. The third-order valence-electron chi connectivity index (χ3n) is 6.01. The minimum absolute atomic E-state index is 0.0140. The number of ether oxygens (including phenoxy) is 2. The monoisotopic (exact) mass is 299 g/mol. The van der Waals surface area contributed by atoms with Crippen molar-refractivity contribution in [1.82, 2.24) is 0 Å². The van der Waals surface area contributed by atoms with Crippen molar-refractivity contribution in [2.45, 2.75) is 43.9 Å². The van der Waals surface area contributed by atoms with E-state index in [-0.39, 0.29) is 18.0 Å². The van der Waals surface area contributed by atoms with Gasteiger partial charge in [0.1, 0.15) is 5.75 Å². The van der Waals surface area contributed by atoms with Crippen LogP contribution in [0.5, 0.6) is 5.75 Å². The third kappa shape index (κ3) is 2.31. The Morgan fingerprint density at radius 3 is 2.45 bits per heavy atom. The lowest BCUT2D eigenvalue weighted by Crippen LogP contribution is -2.48. The zero-order chi connectivity index (χ0) is 15.2. The first kappa shape index (κ1) is 14.1. The molecule has 0 amide bonds. The molecule has 1 aromatic carbocycles. The van der Waals surface area contributed by atoms with Crippen LogP contribution >= 0.6 is 0 Å². The second kappa shape index (κ2) is 5.29. The number of rotatable bonds is 4. The van der Waals surface area contributed by atoms with Gasteiger partial charge in [0.15, 0.2) is 6.61 Å². The minimum Gasteiger partial charge on any atom is -0.482 e. The highest BCUT2D eigenvalue weighted by Crippen LogP contribution is 2.61. The summed E-state index contributed by atoms with van der Waals surface area (Å²) >= 11 is 0. The quantitative estimate of drug-likeness (QED) is 0.798. The summed E-state index contributed by atoms with van der Waals surface area (Å²) in [7, 11) is 1.39. The summed E-state index contributed by atoms with van der Waals surface area (Å²) in [4.78, 5) is 11.4. The molecule has 4 aliphatic rings. The molecule has 3 nitrogen and oxygen atoms in total. The van der Waals surface area contributed by atoms with E-state index < -0.39 is 0 Å². The standard InChI is InChI=1S/C19H23O3/c1-21-18(20)12-22-17-5-3-2-4-16(17)19-9-13-6-14(10-19)8-15(7-13)11-19/h3-5,13-15H,6-12H2,1H3. The van der Waals surface area contributed by atoms with Crippen LogP contribution in [-0.2, 0) is 14.9 Å². The zero-order valence-corrected chi connectivity index (χ0v) is 13.1. The molecule has 0 N–H and O–H groups in total. The van der Waals surface area contributed by atoms with E-state index in [1.165, 1.54) is 51.2 Å². The first-order chi connectivity index (χ1) is 10.7. The molecule has 0 aliphatic heterocycles. The van der Waals surface area contributed by atoms with Gasteiger partial charge in [-0.2, -0.15) is 0 Å². The summed E-state index contributed by atoms with van der Waals surface area (Å²) in [6, 6.07) is 9.16. The first-order valence-electron chi connectivity index (χ1n) is 8.39. The van der Waals surface area contributed by atoms with Gasteiger partial charge < -0.3 is 9.47 Å². The average Bonchev–Trinajstić information content (AvgIpc) is 2.51. The molecule has 0 aromatic heterocycles. The molecular formula is C19H23O3. The van der Waals surface area contributed by atoms with Crippen LogP contribution in [0, 0.1) is 23.8 Å². The van der Waals surface area contributed by atoms with E-state index >= 15 is 0 Å². The molecule has 1 aromatic rings. The third-order valence-corrected chi connectivity index (χ3v) is 6.01. The largest absolute Gasteiger partial charge is 0.482 e. The van der Waals surface area contributed by atoms with Crippen LogP contribution in [0.25, 0.3) is 0 Å². The van der Waals surface area contributed by atoms with Crippen molar-refractivity contribution in [3.8, 4) is 5.75 Å². The SMILES string of the molecule is COC(=O)COc1cc[c]cc1C12CC3CC(CC(C3)C1)C2. The summed E-state index contributed by atoms with van der Waals surface area (Å²) in [6.07, 6.45) is 8.12. The Morgan fingerprint density at radius 2 is 1.86 bits per heavy atom. The van der Waals surface area contributed by atoms with Crippen molar-refractivity contribution < 1.29 is 14.3 Å². The minimum atomic E-state index is -0.329. The highest BCUT2D eigenvalue weighted by Gasteiger charge is 2.52. The van der Waals surface area contributed by atoms with Gasteiger partial charge >= 0.3 is 5.97 Å². The van der Waals surface area contributed by atoms with E-state index in [4.69, 9.17) is 4.74 Å². The molecule has 5 rings (SSSR count). The number of carbonyl (C=O) groups is 1. The summed E-state index contributed by atoms with van der Waals surface area (Å²) in [5, 5.41) is 0. The lowest BCUT2D eigenvalue weighted by Gasteiger charge is -2.57. The van der Waals surface area contributed by atoms with Crippen LogP contribution in [-0.4, -0.2) is 19.7 Å². The Balaban J connectivity index is 1.63. The molecule has 0 saturated heterocycles. The molecule has 4 saturated carbocycles. The maximum Gasteiger partial charge on any atom is 0.343 e. The fraction of sp³-hybridized carbons (Fsp3) is 0.632. The molecule has 22 heavy (non-hydrogen) atoms. The van der Waals surface area contributed by atoms with E-state index in [1.54, 1.807) is 0 Å². The van der Waals surface area contributed by atoms with Crippen LogP contribution in [0.3, 0.4) is 0 Å². The molecule has 3 heteroatoms. The summed E-state index contributed by atoms with van der Waals surface area (Å²) in [6.45, 7) is -0.0140. The molecular weight excluding hydrogens is 276 g/mol. The maximum atomic E-state index is 11.4. The van der Waals surface area contributed by atoms with Crippen molar-refractivity contribution in [3.05, 3.63) is 29.8 Å². The van der Waals surface area contributed by atoms with Gasteiger partial charge in [0.2, 0.25) is 0 Å². The van der Waals surface area contributed by atoms with Gasteiger partial charge in [0.25, 0.3) is 0 Å². The Labute approximate surface area is 132 Å². The van der Waals surface area contributed by atoms with Crippen molar-refractivity contribution in [2.24, 2.45) is 17.8 Å². The molecule has 117 valence electrons. The smallest absolute Gasteiger partial charge is 0.343 e. The van der Waals surface area contributed by atoms with Crippen LogP contribution in [0.4, 0.5) is 0 Å². The van der Waals surface area contributed by atoms with E-state index in [0.29, 0.717) is 0 Å². The Kier molecular flexibility index (Phi) is 3.39. The number of methoxy groups -OCH3 is 1. The van der Waals surface area contributed by atoms with Crippen molar-refractivity contribution in [1.29, 1.82) is 0 Å². The molecule has 4 fully saturated rings. The normalized spacial score (nSPS) is 35.4. The molecule has 0 unspecified atom stereocenters. The van der Waals surface area contributed by atoms with E-state index in [1.807, 2.05) is 12.1 Å². The number of esters is 1. The van der Waals surface area contributed by atoms with Gasteiger partial charge in [-0.1, -0.05) is 6.07 Å². The Bertz CT molecular complexity index is 543. The van der Waals surface area contributed by atoms with Gasteiger partial charge in [-0.25, -0.2) is 4.79 Å². The molecule has 4 aliphatic carbocycles. The molecule has 4 bridgehead atoms. The lowest BCUT2D eigenvalue weighted by atomic mass is 9.48. The van der Waals surface area contributed by atoms with Crippen molar-refractivity contribution in [3.63, 3.8) is 0 Å². The molecule has 0 spiro atoms. The van der Waals surface area contributed by atoms with Crippen LogP contribution in [0.15, 0.2) is 18.2 Å². The maximum absolute atomic E-state index is 11.4. The molecule has 1 radical (unpaired) electrons. The van der Waals surface area contributed by atoms with Gasteiger partial charge in [-0.05, 0) is 79.9 Å². The summed E-state index contributed by atoms with van der Waals surface area (Å²) < 4.78 is 10.5. The lowest BCUT2D eigenvalue weighted by molar-refractivity contribution is -0.143. The Hall–Kier alpha value is -1.51. The number of hydrogen-bond acceptors (Lipinski definition) is 3. The van der Waals surface area contributed by atoms with Gasteiger partial charge in [0, 0.05) is 5.56 Å². The first-order valence-corrected chi connectivity index (χ1v) is 8.39. The topological polar surface area (TPSA) is 35.5 Å². The number of benzene rings is 1. The van der Waals surface area contributed by atoms with Gasteiger partial charge in [-0.3, -0.25) is 0 Å². The molecule has 0 heterocycles. The van der Waals surface area contributed by atoms with Crippen LogP contribution in [0.1, 0.15) is 44.1 Å². The fourth-order valence-corrected chi connectivity index (χ4v) is 5.59. The van der Waals surface area contributed by atoms with E-state index in [9.17, 15) is 4.79 Å². The highest BCUT2D eigenvalue weighted by molar-refractivity contribution is 5.71. The average molecular weight is 299 g/mol. The number of hydrogen-bond donors (Lipinski definition) is 0. The van der Waals surface area contributed by atoms with Crippen LogP contribution in [0.2, 0.25) is 0 Å². The summed E-state index contributed by atoms with van der Waals surface area (Å²) in [5.74, 6) is 3.19. The van der Waals surface area contributed by atoms with E-state index in [0.717, 1.165) is 23.5 Å². The second-order valence-corrected chi connectivity index (χ2v) is 7.48. The number of carbonyl (C=O) groups excluding carboxylic acids is 1. The predicted molar refractivity (Wildman–Crippen MR) is 82.6 cm³/mol. The van der Waals surface area contributed by atoms with Crippen molar-refractivity contribution >= 4 is 5.97 Å². The van der Waals surface area contributed by atoms with Crippen molar-refractivity contribution in [2.75, 3.05) is 13.7 Å². The Morgan fingerprint density at radius 1 is 1.23 bits per heavy atom. The fourth-order valence-electron chi connectivity index (χ4n) is 5.59. The summed E-state index contributed by atoms with van der Waals surface area (Å²) in [5.41, 5.74) is 1.54. The van der Waals surface area contributed by atoms with Gasteiger partial charge in [-0.15, -0.1) is 0 Å². The highest BCUT2D eigenvalue weighted by atomic mass is 16.6. The zero-order valence-electron chi connectivity index (χ0n) is 13.1.